The maximum atomic E-state index is 13.1. The minimum absolute atomic E-state index is 0.141. The van der Waals surface area contributed by atoms with E-state index in [1.54, 1.807) is 13.8 Å². The van der Waals surface area contributed by atoms with E-state index in [1.165, 1.54) is 18.2 Å². The summed E-state index contributed by atoms with van der Waals surface area (Å²) in [7, 11) is 0. The van der Waals surface area contributed by atoms with Gasteiger partial charge in [-0.1, -0.05) is 13.8 Å². The SMILES string of the molecule is CCC(CC)(CC(=O)Nc1cc(F)ccc1Br)C(=O)O. The Labute approximate surface area is 125 Å². The van der Waals surface area contributed by atoms with Gasteiger partial charge in [0.1, 0.15) is 5.82 Å². The highest BCUT2D eigenvalue weighted by molar-refractivity contribution is 9.10. The molecule has 6 heteroatoms. The van der Waals surface area contributed by atoms with Gasteiger partial charge in [0.15, 0.2) is 0 Å². The van der Waals surface area contributed by atoms with E-state index in [-0.39, 0.29) is 6.42 Å². The van der Waals surface area contributed by atoms with Crippen molar-refractivity contribution in [3.05, 3.63) is 28.5 Å². The normalized spacial score (nSPS) is 11.2. The number of hydrogen-bond acceptors (Lipinski definition) is 2. The number of carboxylic acid groups (broad SMARTS) is 1. The minimum atomic E-state index is -1.08. The van der Waals surface area contributed by atoms with Crippen molar-refractivity contribution in [2.75, 3.05) is 5.32 Å². The van der Waals surface area contributed by atoms with Crippen molar-refractivity contribution in [1.29, 1.82) is 0 Å². The summed E-state index contributed by atoms with van der Waals surface area (Å²) in [5.41, 5.74) is -0.786. The number of rotatable bonds is 6. The predicted octanol–water partition coefficient (Wildman–Crippen LogP) is 3.81. The first kappa shape index (κ1) is 16.6. The Morgan fingerprint density at radius 3 is 2.45 bits per heavy atom. The van der Waals surface area contributed by atoms with Gasteiger partial charge in [-0.25, -0.2) is 4.39 Å². The van der Waals surface area contributed by atoms with Crippen LogP contribution in [0, 0.1) is 11.2 Å². The van der Waals surface area contributed by atoms with Crippen molar-refractivity contribution in [2.45, 2.75) is 33.1 Å². The second-order valence-electron chi connectivity index (χ2n) is 4.64. The molecule has 4 nitrogen and oxygen atoms in total. The summed E-state index contributed by atoms with van der Waals surface area (Å²) < 4.78 is 13.7. The zero-order valence-corrected chi connectivity index (χ0v) is 13.0. The molecule has 0 saturated heterocycles. The Kier molecular flexibility index (Phi) is 5.68. The van der Waals surface area contributed by atoms with Crippen molar-refractivity contribution in [2.24, 2.45) is 5.41 Å². The summed E-state index contributed by atoms with van der Waals surface area (Å²) in [6.07, 6.45) is 0.575. The molecule has 1 rings (SSSR count). The van der Waals surface area contributed by atoms with Gasteiger partial charge < -0.3 is 10.4 Å². The smallest absolute Gasteiger partial charge is 0.310 e. The molecule has 0 bridgehead atoms. The first-order chi connectivity index (χ1) is 9.34. The molecule has 0 fully saturated rings. The summed E-state index contributed by atoms with van der Waals surface area (Å²) in [6.45, 7) is 3.48. The maximum absolute atomic E-state index is 13.1. The van der Waals surface area contributed by atoms with Crippen LogP contribution in [0.25, 0.3) is 0 Å². The zero-order chi connectivity index (χ0) is 15.3. The number of hydrogen-bond donors (Lipinski definition) is 2. The van der Waals surface area contributed by atoms with Gasteiger partial charge >= 0.3 is 5.97 Å². The Morgan fingerprint density at radius 1 is 1.35 bits per heavy atom. The van der Waals surface area contributed by atoms with Gasteiger partial charge in [0.2, 0.25) is 5.91 Å². The molecule has 0 heterocycles. The summed E-state index contributed by atoms with van der Waals surface area (Å²) in [5.74, 6) is -1.91. The summed E-state index contributed by atoms with van der Waals surface area (Å²) >= 11 is 3.20. The topological polar surface area (TPSA) is 66.4 Å². The molecule has 0 aliphatic carbocycles. The highest BCUT2D eigenvalue weighted by Crippen LogP contribution is 2.32. The van der Waals surface area contributed by atoms with Gasteiger partial charge in [0, 0.05) is 10.9 Å². The third kappa shape index (κ3) is 3.79. The van der Waals surface area contributed by atoms with E-state index in [0.29, 0.717) is 23.0 Å². The van der Waals surface area contributed by atoms with E-state index in [0.717, 1.165) is 0 Å². The Balaban J connectivity index is 2.86. The number of benzene rings is 1. The lowest BCUT2D eigenvalue weighted by Crippen LogP contribution is -2.34. The van der Waals surface area contributed by atoms with Gasteiger partial charge in [-0.05, 0) is 47.0 Å². The molecule has 1 amide bonds. The van der Waals surface area contributed by atoms with Crippen LogP contribution in [0.2, 0.25) is 0 Å². The molecule has 0 unspecified atom stereocenters. The Morgan fingerprint density at radius 2 is 1.95 bits per heavy atom. The van der Waals surface area contributed by atoms with E-state index >= 15 is 0 Å². The molecule has 0 aromatic heterocycles. The molecule has 0 aliphatic heterocycles. The number of carbonyl (C=O) groups excluding carboxylic acids is 1. The van der Waals surface area contributed by atoms with Gasteiger partial charge in [0.25, 0.3) is 0 Å². The van der Waals surface area contributed by atoms with E-state index in [2.05, 4.69) is 21.2 Å². The highest BCUT2D eigenvalue weighted by atomic mass is 79.9. The number of aliphatic carboxylic acids is 1. The average molecular weight is 346 g/mol. The van der Waals surface area contributed by atoms with Crippen LogP contribution in [0.1, 0.15) is 33.1 Å². The molecule has 0 spiro atoms. The Bertz CT molecular complexity index is 515. The third-order valence-electron chi connectivity index (χ3n) is 3.51. The quantitative estimate of drug-likeness (QED) is 0.823. The van der Waals surface area contributed by atoms with Crippen molar-refractivity contribution in [1.82, 2.24) is 0 Å². The van der Waals surface area contributed by atoms with Crippen LogP contribution in [0.5, 0.6) is 0 Å². The molecule has 0 aliphatic rings. The lowest BCUT2D eigenvalue weighted by molar-refractivity contribution is -0.151. The molecular weight excluding hydrogens is 329 g/mol. The predicted molar refractivity (Wildman–Crippen MR) is 78.0 cm³/mol. The fourth-order valence-electron chi connectivity index (χ4n) is 1.97. The molecule has 20 heavy (non-hydrogen) atoms. The van der Waals surface area contributed by atoms with Gasteiger partial charge in [-0.2, -0.15) is 0 Å². The molecule has 110 valence electrons. The third-order valence-corrected chi connectivity index (χ3v) is 4.20. The fourth-order valence-corrected chi connectivity index (χ4v) is 2.32. The van der Waals surface area contributed by atoms with E-state index in [9.17, 15) is 19.1 Å². The summed E-state index contributed by atoms with van der Waals surface area (Å²) in [4.78, 5) is 23.3. The second kappa shape index (κ2) is 6.83. The van der Waals surface area contributed by atoms with Crippen molar-refractivity contribution >= 4 is 33.5 Å². The highest BCUT2D eigenvalue weighted by Gasteiger charge is 2.37. The average Bonchev–Trinajstić information content (AvgIpc) is 2.40. The number of halogens is 2. The van der Waals surface area contributed by atoms with Crippen LogP contribution < -0.4 is 5.32 Å². The van der Waals surface area contributed by atoms with E-state index in [4.69, 9.17) is 0 Å². The maximum Gasteiger partial charge on any atom is 0.310 e. The van der Waals surface area contributed by atoms with Crippen molar-refractivity contribution in [3.8, 4) is 0 Å². The van der Waals surface area contributed by atoms with Crippen LogP contribution in [0.3, 0.4) is 0 Å². The number of amides is 1. The monoisotopic (exact) mass is 345 g/mol. The van der Waals surface area contributed by atoms with E-state index in [1.807, 2.05) is 0 Å². The van der Waals surface area contributed by atoms with Crippen molar-refractivity contribution < 1.29 is 19.1 Å². The largest absolute Gasteiger partial charge is 0.481 e. The van der Waals surface area contributed by atoms with E-state index < -0.39 is 23.1 Å². The zero-order valence-electron chi connectivity index (χ0n) is 11.4. The Hall–Kier alpha value is -1.43. The number of carbonyl (C=O) groups is 2. The first-order valence-electron chi connectivity index (χ1n) is 6.33. The summed E-state index contributed by atoms with van der Waals surface area (Å²) in [5, 5.41) is 11.8. The summed E-state index contributed by atoms with van der Waals surface area (Å²) in [6, 6.07) is 3.93. The van der Waals surface area contributed by atoms with Gasteiger partial charge in [-0.3, -0.25) is 9.59 Å². The molecule has 1 aromatic rings. The van der Waals surface area contributed by atoms with Crippen LogP contribution in [-0.4, -0.2) is 17.0 Å². The second-order valence-corrected chi connectivity index (χ2v) is 5.50. The molecule has 2 N–H and O–H groups in total. The molecule has 0 saturated carbocycles. The molecule has 0 atom stereocenters. The first-order valence-corrected chi connectivity index (χ1v) is 7.12. The van der Waals surface area contributed by atoms with Crippen LogP contribution in [0.4, 0.5) is 10.1 Å². The number of anilines is 1. The standard InChI is InChI=1S/C14H17BrFNO3/c1-3-14(4-2,13(19)20)8-12(18)17-11-7-9(16)5-6-10(11)15/h5-7H,3-4,8H2,1-2H3,(H,17,18)(H,19,20). The van der Waals surface area contributed by atoms with Crippen LogP contribution >= 0.6 is 15.9 Å². The van der Waals surface area contributed by atoms with Gasteiger partial charge in [0.05, 0.1) is 11.1 Å². The fraction of sp³-hybridized carbons (Fsp3) is 0.429. The van der Waals surface area contributed by atoms with Crippen LogP contribution in [-0.2, 0) is 9.59 Å². The number of nitrogens with one attached hydrogen (secondary N) is 1. The number of carboxylic acids is 1. The molecule has 1 aromatic carbocycles. The lowest BCUT2D eigenvalue weighted by Gasteiger charge is -2.25. The lowest BCUT2D eigenvalue weighted by atomic mass is 9.79. The molecular formula is C14H17BrFNO3. The molecule has 0 radical (unpaired) electrons. The minimum Gasteiger partial charge on any atom is -0.481 e. The van der Waals surface area contributed by atoms with Gasteiger partial charge in [-0.15, -0.1) is 0 Å². The van der Waals surface area contributed by atoms with Crippen LogP contribution in [0.15, 0.2) is 22.7 Å². The van der Waals surface area contributed by atoms with Crippen molar-refractivity contribution in [3.63, 3.8) is 0 Å².